The molecular weight excluding hydrogens is 305 g/mol. The van der Waals surface area contributed by atoms with Crippen molar-refractivity contribution in [3.05, 3.63) is 67.9 Å². The summed E-state index contributed by atoms with van der Waals surface area (Å²) in [5.74, 6) is -0.487. The average molecular weight is 312 g/mol. The van der Waals surface area contributed by atoms with Gasteiger partial charge < -0.3 is 4.42 Å². The van der Waals surface area contributed by atoms with Crippen LogP contribution in [0, 0.1) is 10.1 Å². The van der Waals surface area contributed by atoms with E-state index in [9.17, 15) is 14.9 Å². The van der Waals surface area contributed by atoms with E-state index in [1.165, 1.54) is 42.5 Å². The molecule has 20 heavy (non-hydrogen) atoms. The fraction of sp³-hybridized carbons (Fsp3) is 0. The molecule has 0 aliphatic heterocycles. The van der Waals surface area contributed by atoms with Gasteiger partial charge in [0.25, 0.3) is 0 Å². The van der Waals surface area contributed by atoms with E-state index >= 15 is 0 Å². The summed E-state index contributed by atoms with van der Waals surface area (Å²) < 4.78 is 4.89. The van der Waals surface area contributed by atoms with Crippen molar-refractivity contribution in [2.75, 3.05) is 0 Å². The Bertz CT molecular complexity index is 706. The van der Waals surface area contributed by atoms with Gasteiger partial charge in [-0.1, -0.05) is 23.2 Å². The predicted molar refractivity (Wildman–Crippen MR) is 75.2 cm³/mol. The Morgan fingerprint density at radius 3 is 2.55 bits per heavy atom. The van der Waals surface area contributed by atoms with Gasteiger partial charge in [0.1, 0.15) is 10.7 Å². The van der Waals surface area contributed by atoms with Crippen molar-refractivity contribution in [3.8, 4) is 0 Å². The number of carbonyl (C=O) groups is 1. The van der Waals surface area contributed by atoms with Crippen molar-refractivity contribution in [1.82, 2.24) is 0 Å². The molecule has 1 aromatic heterocycles. The topological polar surface area (TPSA) is 73.3 Å². The molecule has 7 heteroatoms. The van der Waals surface area contributed by atoms with Gasteiger partial charge in [0, 0.05) is 5.56 Å². The Morgan fingerprint density at radius 1 is 1.20 bits per heavy atom. The van der Waals surface area contributed by atoms with Crippen LogP contribution < -0.4 is 0 Å². The first-order valence-electron chi connectivity index (χ1n) is 5.39. The van der Waals surface area contributed by atoms with E-state index < -0.39 is 4.92 Å². The van der Waals surface area contributed by atoms with Crippen molar-refractivity contribution in [1.29, 1.82) is 0 Å². The third-order valence-electron chi connectivity index (χ3n) is 2.40. The molecule has 102 valence electrons. The lowest BCUT2D eigenvalue weighted by atomic mass is 10.1. The van der Waals surface area contributed by atoms with E-state index in [2.05, 4.69) is 0 Å². The lowest BCUT2D eigenvalue weighted by Gasteiger charge is -1.98. The maximum absolute atomic E-state index is 11.9. The third-order valence-corrected chi connectivity index (χ3v) is 3.13. The number of rotatable bonds is 4. The highest BCUT2D eigenvalue weighted by molar-refractivity contribution is 6.42. The summed E-state index contributed by atoms with van der Waals surface area (Å²) in [6.07, 6.45) is 2.58. The molecule has 2 rings (SSSR count). The summed E-state index contributed by atoms with van der Waals surface area (Å²) in [5.41, 5.74) is 0.358. The molecule has 0 aliphatic rings. The van der Waals surface area contributed by atoms with Gasteiger partial charge in [0.05, 0.1) is 16.1 Å². The van der Waals surface area contributed by atoms with E-state index in [0.717, 1.165) is 0 Å². The quantitative estimate of drug-likeness (QED) is 0.363. The van der Waals surface area contributed by atoms with Crippen LogP contribution in [0.25, 0.3) is 6.08 Å². The lowest BCUT2D eigenvalue weighted by molar-refractivity contribution is -0.402. The van der Waals surface area contributed by atoms with Gasteiger partial charge in [0.15, 0.2) is 5.78 Å². The molecule has 0 saturated carbocycles. The van der Waals surface area contributed by atoms with Crippen molar-refractivity contribution >= 4 is 40.9 Å². The smallest absolute Gasteiger partial charge is 0.401 e. The Kier molecular flexibility index (Phi) is 4.22. The molecule has 0 bridgehead atoms. The van der Waals surface area contributed by atoms with Crippen LogP contribution in [0.2, 0.25) is 10.0 Å². The molecule has 0 atom stereocenters. The number of halogens is 2. The second-order valence-corrected chi connectivity index (χ2v) is 4.57. The maximum atomic E-state index is 11.9. The lowest BCUT2D eigenvalue weighted by Crippen LogP contribution is -1.93. The fourth-order valence-electron chi connectivity index (χ4n) is 1.43. The molecule has 0 radical (unpaired) electrons. The summed E-state index contributed by atoms with van der Waals surface area (Å²) in [5, 5.41) is 11.1. The van der Waals surface area contributed by atoms with Gasteiger partial charge in [-0.3, -0.25) is 14.9 Å². The van der Waals surface area contributed by atoms with Crippen LogP contribution in [0.4, 0.5) is 5.88 Å². The van der Waals surface area contributed by atoms with Crippen molar-refractivity contribution in [2.45, 2.75) is 0 Å². The van der Waals surface area contributed by atoms with Gasteiger partial charge in [-0.2, -0.15) is 0 Å². The zero-order valence-electron chi connectivity index (χ0n) is 9.88. The number of ketones is 1. The Balaban J connectivity index is 2.15. The molecule has 1 heterocycles. The summed E-state index contributed by atoms with van der Waals surface area (Å²) in [4.78, 5) is 21.6. The van der Waals surface area contributed by atoms with E-state index in [1.54, 1.807) is 0 Å². The summed E-state index contributed by atoms with van der Waals surface area (Å²) in [6, 6.07) is 7.11. The maximum Gasteiger partial charge on any atom is 0.433 e. The first-order chi connectivity index (χ1) is 9.47. The highest BCUT2D eigenvalue weighted by atomic mass is 35.5. The van der Waals surface area contributed by atoms with E-state index in [0.29, 0.717) is 10.6 Å². The standard InChI is InChI=1S/C13H7Cl2NO4/c14-10-4-1-8(7-11(10)15)12(17)5-2-9-3-6-13(20-9)16(18)19/h1-7H/b5-2+. The van der Waals surface area contributed by atoms with Crippen molar-refractivity contribution in [2.24, 2.45) is 0 Å². The molecule has 0 spiro atoms. The molecular formula is C13H7Cl2NO4. The van der Waals surface area contributed by atoms with Gasteiger partial charge >= 0.3 is 5.88 Å². The van der Waals surface area contributed by atoms with Gasteiger partial charge in [-0.05, 0) is 36.4 Å². The number of nitro groups is 1. The summed E-state index contributed by atoms with van der Waals surface area (Å²) in [7, 11) is 0. The van der Waals surface area contributed by atoms with Crippen molar-refractivity contribution in [3.63, 3.8) is 0 Å². The number of hydrogen-bond donors (Lipinski definition) is 0. The first kappa shape index (κ1) is 14.3. The predicted octanol–water partition coefficient (Wildman–Crippen LogP) is 4.39. The number of nitrogens with zero attached hydrogens (tertiary/aromatic N) is 1. The molecule has 5 nitrogen and oxygen atoms in total. The first-order valence-corrected chi connectivity index (χ1v) is 6.14. The molecule has 0 unspecified atom stereocenters. The molecule has 1 aromatic carbocycles. The number of hydrogen-bond acceptors (Lipinski definition) is 4. The fourth-order valence-corrected chi connectivity index (χ4v) is 1.73. The van der Waals surface area contributed by atoms with Crippen LogP contribution in [-0.2, 0) is 0 Å². The van der Waals surface area contributed by atoms with Gasteiger partial charge in [-0.25, -0.2) is 0 Å². The number of benzene rings is 1. The van der Waals surface area contributed by atoms with E-state index in [-0.39, 0.29) is 22.5 Å². The number of allylic oxidation sites excluding steroid dienone is 1. The SMILES string of the molecule is O=C(/C=C/c1ccc([N+](=O)[O-])o1)c1ccc(Cl)c(Cl)c1. The molecule has 0 N–H and O–H groups in total. The van der Waals surface area contributed by atoms with Crippen LogP contribution in [0.5, 0.6) is 0 Å². The normalized spacial score (nSPS) is 10.9. The zero-order chi connectivity index (χ0) is 14.7. The average Bonchev–Trinajstić information content (AvgIpc) is 2.88. The third kappa shape index (κ3) is 3.26. The minimum absolute atomic E-state index is 0.213. The largest absolute Gasteiger partial charge is 0.433 e. The van der Waals surface area contributed by atoms with Crippen LogP contribution in [0.3, 0.4) is 0 Å². The summed E-state index contributed by atoms with van der Waals surface area (Å²) in [6.45, 7) is 0. The minimum atomic E-state index is -0.655. The zero-order valence-corrected chi connectivity index (χ0v) is 11.4. The Hall–Kier alpha value is -2.11. The number of furan rings is 1. The summed E-state index contributed by atoms with van der Waals surface area (Å²) >= 11 is 11.6. The van der Waals surface area contributed by atoms with Gasteiger partial charge in [0.2, 0.25) is 0 Å². The second kappa shape index (κ2) is 5.90. The van der Waals surface area contributed by atoms with Gasteiger partial charge in [-0.15, -0.1) is 0 Å². The van der Waals surface area contributed by atoms with Crippen LogP contribution in [0.1, 0.15) is 16.1 Å². The number of carbonyl (C=O) groups excluding carboxylic acids is 1. The van der Waals surface area contributed by atoms with Crippen LogP contribution in [0.15, 0.2) is 40.8 Å². The highest BCUT2D eigenvalue weighted by Crippen LogP contribution is 2.23. The molecule has 0 fully saturated rings. The minimum Gasteiger partial charge on any atom is -0.401 e. The Morgan fingerprint density at radius 2 is 1.95 bits per heavy atom. The van der Waals surface area contributed by atoms with Crippen LogP contribution in [-0.4, -0.2) is 10.7 Å². The highest BCUT2D eigenvalue weighted by Gasteiger charge is 2.10. The van der Waals surface area contributed by atoms with Crippen molar-refractivity contribution < 1.29 is 14.1 Å². The monoisotopic (exact) mass is 311 g/mol. The molecule has 0 amide bonds. The van der Waals surface area contributed by atoms with Crippen LogP contribution >= 0.6 is 23.2 Å². The van der Waals surface area contributed by atoms with E-state index in [4.69, 9.17) is 27.6 Å². The Labute approximate surface area is 123 Å². The molecule has 0 saturated heterocycles. The molecule has 0 aliphatic carbocycles. The second-order valence-electron chi connectivity index (χ2n) is 3.76. The van der Waals surface area contributed by atoms with E-state index in [1.807, 2.05) is 0 Å². The molecule has 2 aromatic rings.